The van der Waals surface area contributed by atoms with Crippen molar-refractivity contribution < 1.29 is 9.53 Å². The first-order valence-electron chi connectivity index (χ1n) is 13.1. The summed E-state index contributed by atoms with van der Waals surface area (Å²) in [7, 11) is 1.66. The third kappa shape index (κ3) is 6.35. The zero-order chi connectivity index (χ0) is 25.5. The van der Waals surface area contributed by atoms with Crippen LogP contribution < -0.4 is 9.64 Å². The van der Waals surface area contributed by atoms with E-state index in [4.69, 9.17) is 4.74 Å². The van der Waals surface area contributed by atoms with Crippen molar-refractivity contribution in [3.05, 3.63) is 78.6 Å². The van der Waals surface area contributed by atoms with Crippen molar-refractivity contribution in [2.45, 2.75) is 12.8 Å². The lowest BCUT2D eigenvalue weighted by molar-refractivity contribution is -0.137. The molecule has 192 valence electrons. The molecule has 0 aliphatic carbocycles. The molecule has 1 amide bonds. The van der Waals surface area contributed by atoms with Gasteiger partial charge in [-0.2, -0.15) is 0 Å². The molecule has 3 heterocycles. The Balaban J connectivity index is 1.15. The van der Waals surface area contributed by atoms with Crippen LogP contribution >= 0.6 is 0 Å². The number of ether oxygens (including phenoxy) is 1. The first kappa shape index (κ1) is 25.0. The number of rotatable bonds is 7. The molecule has 37 heavy (non-hydrogen) atoms. The van der Waals surface area contributed by atoms with Gasteiger partial charge in [-0.3, -0.25) is 9.69 Å². The molecule has 2 aliphatic rings. The molecule has 0 radical (unpaired) electrons. The maximum Gasteiger partial charge on any atom is 0.227 e. The Labute approximate surface area is 219 Å². The Kier molecular flexibility index (Phi) is 8.11. The fourth-order valence-corrected chi connectivity index (χ4v) is 5.14. The Morgan fingerprint density at radius 1 is 1.00 bits per heavy atom. The second kappa shape index (κ2) is 12.0. The summed E-state index contributed by atoms with van der Waals surface area (Å²) in [6.07, 6.45) is 7.93. The van der Waals surface area contributed by atoms with Crippen LogP contribution in [0.4, 0.5) is 5.82 Å². The van der Waals surface area contributed by atoms with Crippen LogP contribution in [0.25, 0.3) is 17.3 Å². The highest BCUT2D eigenvalue weighted by Gasteiger charge is 2.31. The number of amides is 1. The fourth-order valence-electron chi connectivity index (χ4n) is 5.14. The summed E-state index contributed by atoms with van der Waals surface area (Å²) < 4.78 is 5.27. The van der Waals surface area contributed by atoms with E-state index in [-0.39, 0.29) is 11.8 Å². The molecule has 7 heteroatoms. The monoisotopic (exact) mass is 497 g/mol. The number of carbonyl (C=O) groups excluding carboxylic acids is 1. The molecule has 2 fully saturated rings. The quantitative estimate of drug-likeness (QED) is 0.487. The zero-order valence-corrected chi connectivity index (χ0v) is 21.5. The summed E-state index contributed by atoms with van der Waals surface area (Å²) in [5, 5.41) is 0. The van der Waals surface area contributed by atoms with Gasteiger partial charge in [-0.25, -0.2) is 9.97 Å². The van der Waals surface area contributed by atoms with Crippen LogP contribution in [-0.4, -0.2) is 78.6 Å². The number of aromatic nitrogens is 2. The lowest BCUT2D eigenvalue weighted by atomic mass is 9.96. The molecule has 3 aromatic rings. The van der Waals surface area contributed by atoms with Crippen LogP contribution in [0.3, 0.4) is 0 Å². The fraction of sp³-hybridized carbons (Fsp3) is 0.367. The molecular weight excluding hydrogens is 462 g/mol. The Morgan fingerprint density at radius 3 is 2.54 bits per heavy atom. The topological polar surface area (TPSA) is 61.8 Å². The summed E-state index contributed by atoms with van der Waals surface area (Å²) >= 11 is 0. The van der Waals surface area contributed by atoms with Crippen molar-refractivity contribution in [2.24, 2.45) is 5.92 Å². The molecule has 1 unspecified atom stereocenters. The Bertz CT molecular complexity index is 1190. The SMILES string of the molecule is COc1ccc(-c2cc(N3CCCC(C(=O)N4CCN(CC=Cc5ccccc5)CC4)C3)ncn2)cc1. The van der Waals surface area contributed by atoms with Crippen LogP contribution in [0.5, 0.6) is 5.75 Å². The number of piperidine rings is 1. The van der Waals surface area contributed by atoms with E-state index in [1.807, 2.05) is 36.4 Å². The lowest BCUT2D eigenvalue weighted by Crippen LogP contribution is -2.52. The molecule has 2 aliphatic heterocycles. The summed E-state index contributed by atoms with van der Waals surface area (Å²) in [6.45, 7) is 5.95. The average molecular weight is 498 g/mol. The number of hydrogen-bond acceptors (Lipinski definition) is 6. The van der Waals surface area contributed by atoms with Crippen molar-refractivity contribution in [3.8, 4) is 17.0 Å². The van der Waals surface area contributed by atoms with Gasteiger partial charge in [0.25, 0.3) is 0 Å². The minimum Gasteiger partial charge on any atom is -0.497 e. The van der Waals surface area contributed by atoms with E-state index in [1.54, 1.807) is 13.4 Å². The van der Waals surface area contributed by atoms with Crippen LogP contribution in [-0.2, 0) is 4.79 Å². The molecule has 2 aromatic carbocycles. The third-order valence-electron chi connectivity index (χ3n) is 7.29. The van der Waals surface area contributed by atoms with Crippen molar-refractivity contribution in [2.75, 3.05) is 57.8 Å². The maximum absolute atomic E-state index is 13.4. The number of anilines is 1. The normalized spacial score (nSPS) is 18.8. The number of piperazine rings is 1. The van der Waals surface area contributed by atoms with Gasteiger partial charge < -0.3 is 14.5 Å². The molecule has 0 spiro atoms. The molecule has 0 bridgehead atoms. The molecule has 2 saturated heterocycles. The lowest BCUT2D eigenvalue weighted by Gasteiger charge is -2.39. The van der Waals surface area contributed by atoms with E-state index >= 15 is 0 Å². The minimum atomic E-state index is 0.0117. The van der Waals surface area contributed by atoms with Crippen molar-refractivity contribution in [1.82, 2.24) is 19.8 Å². The highest BCUT2D eigenvalue weighted by molar-refractivity contribution is 5.80. The number of benzene rings is 2. The maximum atomic E-state index is 13.4. The highest BCUT2D eigenvalue weighted by Crippen LogP contribution is 2.27. The van der Waals surface area contributed by atoms with Crippen LogP contribution in [0, 0.1) is 5.92 Å². The number of nitrogens with zero attached hydrogens (tertiary/aromatic N) is 5. The average Bonchev–Trinajstić information content (AvgIpc) is 2.98. The van der Waals surface area contributed by atoms with Gasteiger partial charge in [0, 0.05) is 57.4 Å². The number of hydrogen-bond donors (Lipinski definition) is 0. The first-order valence-corrected chi connectivity index (χ1v) is 13.1. The Morgan fingerprint density at radius 2 is 1.78 bits per heavy atom. The van der Waals surface area contributed by atoms with Crippen LogP contribution in [0.15, 0.2) is 73.1 Å². The van der Waals surface area contributed by atoms with E-state index < -0.39 is 0 Å². The molecule has 0 N–H and O–H groups in total. The Hall–Kier alpha value is -3.71. The van der Waals surface area contributed by atoms with E-state index in [0.717, 1.165) is 74.9 Å². The van der Waals surface area contributed by atoms with E-state index in [2.05, 4.69) is 61.1 Å². The van der Waals surface area contributed by atoms with Crippen molar-refractivity contribution >= 4 is 17.8 Å². The molecule has 5 rings (SSSR count). The molecule has 7 nitrogen and oxygen atoms in total. The van der Waals surface area contributed by atoms with Gasteiger partial charge in [0.15, 0.2) is 0 Å². The predicted molar refractivity (Wildman–Crippen MR) is 147 cm³/mol. The second-order valence-electron chi connectivity index (χ2n) is 9.71. The van der Waals surface area contributed by atoms with Gasteiger partial charge in [-0.15, -0.1) is 0 Å². The zero-order valence-electron chi connectivity index (χ0n) is 21.5. The van der Waals surface area contributed by atoms with E-state index in [9.17, 15) is 4.79 Å². The van der Waals surface area contributed by atoms with Gasteiger partial charge in [0.2, 0.25) is 5.91 Å². The van der Waals surface area contributed by atoms with Crippen LogP contribution in [0.1, 0.15) is 18.4 Å². The summed E-state index contributed by atoms with van der Waals surface area (Å²) in [6, 6.07) is 20.3. The van der Waals surface area contributed by atoms with Gasteiger partial charge >= 0.3 is 0 Å². The van der Waals surface area contributed by atoms with Gasteiger partial charge in [0.05, 0.1) is 18.7 Å². The predicted octanol–water partition coefficient (Wildman–Crippen LogP) is 4.23. The van der Waals surface area contributed by atoms with Gasteiger partial charge in [-0.05, 0) is 42.7 Å². The summed E-state index contributed by atoms with van der Waals surface area (Å²) in [5.74, 6) is 2.00. The molecule has 1 atom stereocenters. The minimum absolute atomic E-state index is 0.0117. The highest BCUT2D eigenvalue weighted by atomic mass is 16.5. The smallest absolute Gasteiger partial charge is 0.227 e. The van der Waals surface area contributed by atoms with E-state index in [0.29, 0.717) is 6.54 Å². The largest absolute Gasteiger partial charge is 0.497 e. The number of methoxy groups -OCH3 is 1. The van der Waals surface area contributed by atoms with Crippen molar-refractivity contribution in [3.63, 3.8) is 0 Å². The molecular formula is C30H35N5O2. The second-order valence-corrected chi connectivity index (χ2v) is 9.71. The third-order valence-corrected chi connectivity index (χ3v) is 7.29. The first-order chi connectivity index (χ1) is 18.2. The summed E-state index contributed by atoms with van der Waals surface area (Å²) in [5.41, 5.74) is 3.11. The van der Waals surface area contributed by atoms with Crippen LogP contribution in [0.2, 0.25) is 0 Å². The van der Waals surface area contributed by atoms with Crippen molar-refractivity contribution in [1.29, 1.82) is 0 Å². The van der Waals surface area contributed by atoms with E-state index in [1.165, 1.54) is 5.56 Å². The number of carbonyl (C=O) groups is 1. The van der Waals surface area contributed by atoms with Gasteiger partial charge in [-0.1, -0.05) is 42.5 Å². The molecule has 1 aromatic heterocycles. The summed E-state index contributed by atoms with van der Waals surface area (Å²) in [4.78, 5) is 29.1. The van der Waals surface area contributed by atoms with Gasteiger partial charge in [0.1, 0.15) is 17.9 Å². The standard InChI is InChI=1S/C30H35N5O2/c1-37-27-13-11-25(12-14-27)28-21-29(32-23-31-28)35-16-6-10-26(22-35)30(36)34-19-17-33(18-20-34)15-5-9-24-7-3-2-4-8-24/h2-5,7-9,11-14,21,23,26H,6,10,15-20,22H2,1H3. The molecule has 0 saturated carbocycles.